The van der Waals surface area contributed by atoms with Crippen molar-refractivity contribution in [1.29, 1.82) is 5.26 Å². The van der Waals surface area contributed by atoms with Crippen LogP contribution in [-0.4, -0.2) is 10.8 Å². The molecule has 3 heteroatoms. The van der Waals surface area contributed by atoms with Crippen molar-refractivity contribution < 1.29 is 4.79 Å². The van der Waals surface area contributed by atoms with E-state index in [2.05, 4.69) is 4.98 Å². The third kappa shape index (κ3) is 2.89. The number of benzene rings is 1. The third-order valence-corrected chi connectivity index (χ3v) is 2.43. The molecule has 1 heterocycles. The number of ketones is 1. The van der Waals surface area contributed by atoms with Gasteiger partial charge in [-0.3, -0.25) is 9.78 Å². The summed E-state index contributed by atoms with van der Waals surface area (Å²) in [6.45, 7) is 0. The van der Waals surface area contributed by atoms with Gasteiger partial charge < -0.3 is 0 Å². The highest BCUT2D eigenvalue weighted by molar-refractivity contribution is 6.06. The zero-order valence-electron chi connectivity index (χ0n) is 9.58. The van der Waals surface area contributed by atoms with Crippen LogP contribution in [0.5, 0.6) is 0 Å². The Morgan fingerprint density at radius 3 is 2.39 bits per heavy atom. The van der Waals surface area contributed by atoms with E-state index in [0.717, 1.165) is 5.56 Å². The van der Waals surface area contributed by atoms with Crippen molar-refractivity contribution in [2.24, 2.45) is 0 Å². The molecule has 0 fully saturated rings. The maximum absolute atomic E-state index is 11.8. The number of allylic oxidation sites excluding steroid dienone is 1. The van der Waals surface area contributed by atoms with Crippen molar-refractivity contribution in [1.82, 2.24) is 4.98 Å². The lowest BCUT2D eigenvalue weighted by molar-refractivity contribution is 0.104. The number of nitrogens with zero attached hydrogens (tertiary/aromatic N) is 2. The van der Waals surface area contributed by atoms with Crippen LogP contribution in [0.3, 0.4) is 0 Å². The lowest BCUT2D eigenvalue weighted by atomic mass is 10.1. The van der Waals surface area contributed by atoms with E-state index in [1.807, 2.05) is 6.07 Å². The molecule has 0 bridgehead atoms. The molecule has 0 amide bonds. The van der Waals surface area contributed by atoms with Crippen molar-refractivity contribution in [2.45, 2.75) is 0 Å². The summed E-state index contributed by atoms with van der Waals surface area (Å²) in [5, 5.41) is 8.67. The molecule has 1 aromatic heterocycles. The van der Waals surface area contributed by atoms with E-state index in [4.69, 9.17) is 5.26 Å². The van der Waals surface area contributed by atoms with Gasteiger partial charge in [-0.1, -0.05) is 18.2 Å². The summed E-state index contributed by atoms with van der Waals surface area (Å²) in [6, 6.07) is 12.4. The van der Waals surface area contributed by atoms with Crippen molar-refractivity contribution in [3.63, 3.8) is 0 Å². The van der Waals surface area contributed by atoms with Crippen molar-refractivity contribution in [3.05, 3.63) is 71.6 Å². The molecule has 18 heavy (non-hydrogen) atoms. The predicted octanol–water partition coefficient (Wildman–Crippen LogP) is 2.85. The summed E-state index contributed by atoms with van der Waals surface area (Å²) < 4.78 is 0. The van der Waals surface area contributed by atoms with Gasteiger partial charge in [-0.2, -0.15) is 5.26 Å². The smallest absolute Gasteiger partial charge is 0.185 e. The average Bonchev–Trinajstić information content (AvgIpc) is 2.46. The summed E-state index contributed by atoms with van der Waals surface area (Å²) in [6.07, 6.45) is 6.41. The van der Waals surface area contributed by atoms with E-state index < -0.39 is 0 Å². The first kappa shape index (κ1) is 11.7. The van der Waals surface area contributed by atoms with Crippen LogP contribution in [0.2, 0.25) is 0 Å². The monoisotopic (exact) mass is 234 g/mol. The Labute approximate surface area is 105 Å². The minimum atomic E-state index is -0.0678. The van der Waals surface area contributed by atoms with Gasteiger partial charge >= 0.3 is 0 Å². The van der Waals surface area contributed by atoms with Gasteiger partial charge in [-0.25, -0.2) is 0 Å². The molecule has 0 unspecified atom stereocenters. The highest BCUT2D eigenvalue weighted by Crippen LogP contribution is 2.07. The van der Waals surface area contributed by atoms with Gasteiger partial charge in [0, 0.05) is 18.0 Å². The summed E-state index contributed by atoms with van der Waals surface area (Å²) in [4.78, 5) is 15.6. The maximum atomic E-state index is 11.8. The largest absolute Gasteiger partial charge is 0.289 e. The zero-order chi connectivity index (χ0) is 12.8. The molecule has 0 aliphatic carbocycles. The Hall–Kier alpha value is -2.73. The van der Waals surface area contributed by atoms with Crippen molar-refractivity contribution >= 4 is 11.9 Å². The van der Waals surface area contributed by atoms with Crippen molar-refractivity contribution in [2.75, 3.05) is 0 Å². The molecule has 0 radical (unpaired) electrons. The first-order valence-corrected chi connectivity index (χ1v) is 5.42. The second-order valence-corrected chi connectivity index (χ2v) is 3.67. The lowest BCUT2D eigenvalue weighted by Gasteiger charge is -1.95. The van der Waals surface area contributed by atoms with E-state index in [0.29, 0.717) is 11.1 Å². The molecule has 0 aliphatic rings. The second kappa shape index (κ2) is 5.55. The minimum Gasteiger partial charge on any atom is -0.289 e. The minimum absolute atomic E-state index is 0.0678. The number of nitriles is 1. The second-order valence-electron chi connectivity index (χ2n) is 3.67. The standard InChI is InChI=1S/C15H10N2O/c16-11-13-3-1-12(2-4-13)5-6-15(18)14-7-9-17-10-8-14/h1-10H/b6-5-. The maximum Gasteiger partial charge on any atom is 0.185 e. The lowest BCUT2D eigenvalue weighted by Crippen LogP contribution is -1.93. The number of carbonyl (C=O) groups excluding carboxylic acids is 1. The summed E-state index contributed by atoms with van der Waals surface area (Å²) in [5.41, 5.74) is 2.10. The van der Waals surface area contributed by atoms with Gasteiger partial charge in [-0.05, 0) is 35.9 Å². The van der Waals surface area contributed by atoms with E-state index in [9.17, 15) is 4.79 Å². The topological polar surface area (TPSA) is 53.8 Å². The Bertz CT molecular complexity index is 607. The molecule has 2 rings (SSSR count). The number of carbonyl (C=O) groups is 1. The molecular formula is C15H10N2O. The molecule has 86 valence electrons. The Kier molecular flexibility index (Phi) is 3.62. The van der Waals surface area contributed by atoms with E-state index in [1.54, 1.807) is 54.9 Å². The summed E-state index contributed by atoms with van der Waals surface area (Å²) in [5.74, 6) is -0.0678. The molecule has 2 aromatic rings. The predicted molar refractivity (Wildman–Crippen MR) is 68.8 cm³/mol. The Morgan fingerprint density at radius 1 is 1.11 bits per heavy atom. The zero-order valence-corrected chi connectivity index (χ0v) is 9.58. The van der Waals surface area contributed by atoms with Crippen LogP contribution in [0.1, 0.15) is 21.5 Å². The first-order valence-electron chi connectivity index (χ1n) is 5.42. The molecule has 0 atom stereocenters. The number of hydrogen-bond donors (Lipinski definition) is 0. The van der Waals surface area contributed by atoms with E-state index >= 15 is 0 Å². The number of hydrogen-bond acceptors (Lipinski definition) is 3. The first-order chi connectivity index (χ1) is 8.79. The summed E-state index contributed by atoms with van der Waals surface area (Å²) >= 11 is 0. The van der Waals surface area contributed by atoms with Gasteiger partial charge in [0.1, 0.15) is 0 Å². The average molecular weight is 234 g/mol. The summed E-state index contributed by atoms with van der Waals surface area (Å²) in [7, 11) is 0. The molecule has 0 aliphatic heterocycles. The fourth-order valence-electron chi connectivity index (χ4n) is 1.45. The van der Waals surface area contributed by atoms with Gasteiger partial charge in [-0.15, -0.1) is 0 Å². The SMILES string of the molecule is N#Cc1ccc(/C=C\C(=O)c2ccncc2)cc1. The van der Waals surface area contributed by atoms with Crippen LogP contribution in [-0.2, 0) is 0 Å². The highest BCUT2D eigenvalue weighted by Gasteiger charge is 1.99. The molecule has 3 nitrogen and oxygen atoms in total. The molecule has 1 aromatic carbocycles. The molecule has 0 saturated heterocycles. The Morgan fingerprint density at radius 2 is 1.78 bits per heavy atom. The molecule has 0 spiro atoms. The molecule has 0 saturated carbocycles. The Balaban J connectivity index is 2.11. The highest BCUT2D eigenvalue weighted by atomic mass is 16.1. The van der Waals surface area contributed by atoms with Gasteiger partial charge in [0.2, 0.25) is 0 Å². The van der Waals surface area contributed by atoms with Crippen LogP contribution >= 0.6 is 0 Å². The molecule has 0 N–H and O–H groups in total. The number of pyridine rings is 1. The van der Waals surface area contributed by atoms with Crippen LogP contribution in [0.15, 0.2) is 54.9 Å². The van der Waals surface area contributed by atoms with Gasteiger partial charge in [0.05, 0.1) is 11.6 Å². The van der Waals surface area contributed by atoms with Crippen LogP contribution in [0.25, 0.3) is 6.08 Å². The van der Waals surface area contributed by atoms with E-state index in [1.165, 1.54) is 6.08 Å². The number of aromatic nitrogens is 1. The van der Waals surface area contributed by atoms with Crippen LogP contribution in [0, 0.1) is 11.3 Å². The van der Waals surface area contributed by atoms with E-state index in [-0.39, 0.29) is 5.78 Å². The quantitative estimate of drug-likeness (QED) is 0.606. The van der Waals surface area contributed by atoms with Gasteiger partial charge in [0.15, 0.2) is 5.78 Å². The normalized spacial score (nSPS) is 10.2. The van der Waals surface area contributed by atoms with Crippen molar-refractivity contribution in [3.8, 4) is 6.07 Å². The molecular weight excluding hydrogens is 224 g/mol. The van der Waals surface area contributed by atoms with Gasteiger partial charge in [0.25, 0.3) is 0 Å². The van der Waals surface area contributed by atoms with Crippen LogP contribution in [0.4, 0.5) is 0 Å². The fraction of sp³-hybridized carbons (Fsp3) is 0. The third-order valence-electron chi connectivity index (χ3n) is 2.43. The van der Waals surface area contributed by atoms with Crippen LogP contribution < -0.4 is 0 Å². The fourth-order valence-corrected chi connectivity index (χ4v) is 1.45. The number of rotatable bonds is 3.